The summed E-state index contributed by atoms with van der Waals surface area (Å²) >= 11 is 0. The molecule has 0 atom stereocenters. The Labute approximate surface area is 229 Å². The molecule has 3 rings (SSSR count). The molecule has 0 unspecified atom stereocenters. The first-order valence-electron chi connectivity index (χ1n) is 13.1. The summed E-state index contributed by atoms with van der Waals surface area (Å²) in [6, 6.07) is 15.8. The number of carbonyl (C=O) groups excluding carboxylic acids is 2. The second-order valence-corrected chi connectivity index (χ2v) is 9.64. The van der Waals surface area contributed by atoms with Crippen molar-refractivity contribution in [1.29, 1.82) is 0 Å². The standard InChI is InChI=1S/C33H35FO5/c1-6-7-8-9-23-10-12-24(13-11-23)27-15-16-28(31(30(27)34)39-33(37)22(4)5)25-14-17-29(35)26(20-25)18-19-38-32(36)21(2)3/h10-17,20,35H,2,4,6-9,18-19H2,1,3,5H3. The number of phenolic OH excluding ortho intramolecular Hbond substituents is 1. The van der Waals surface area contributed by atoms with E-state index in [0.717, 1.165) is 25.7 Å². The summed E-state index contributed by atoms with van der Waals surface area (Å²) < 4.78 is 26.6. The number of benzene rings is 3. The highest BCUT2D eigenvalue weighted by atomic mass is 19.1. The molecule has 0 aromatic heterocycles. The number of hydrogen-bond donors (Lipinski definition) is 1. The maximum atomic E-state index is 16.0. The normalized spacial score (nSPS) is 10.7. The van der Waals surface area contributed by atoms with Crippen LogP contribution in [0.1, 0.15) is 51.2 Å². The van der Waals surface area contributed by atoms with Crippen molar-refractivity contribution < 1.29 is 28.6 Å². The lowest BCUT2D eigenvalue weighted by atomic mass is 9.95. The molecule has 39 heavy (non-hydrogen) atoms. The highest BCUT2D eigenvalue weighted by Gasteiger charge is 2.21. The quantitative estimate of drug-likeness (QED) is 0.112. The van der Waals surface area contributed by atoms with Crippen LogP contribution in [0.4, 0.5) is 4.39 Å². The molecule has 0 amide bonds. The largest absolute Gasteiger partial charge is 0.508 e. The van der Waals surface area contributed by atoms with Crippen LogP contribution in [-0.4, -0.2) is 23.7 Å². The van der Waals surface area contributed by atoms with E-state index < -0.39 is 17.8 Å². The van der Waals surface area contributed by atoms with Gasteiger partial charge in [0.05, 0.1) is 6.61 Å². The Bertz CT molecular complexity index is 1370. The zero-order valence-electron chi connectivity index (χ0n) is 22.8. The monoisotopic (exact) mass is 530 g/mol. The SMILES string of the molecule is C=C(C)C(=O)OCCc1cc(-c2ccc(-c3ccc(CCCCC)cc3)c(F)c2OC(=O)C(=C)C)ccc1O. The molecule has 0 aliphatic rings. The van der Waals surface area contributed by atoms with Gasteiger partial charge in [-0.2, -0.15) is 0 Å². The van der Waals surface area contributed by atoms with Gasteiger partial charge >= 0.3 is 11.9 Å². The Morgan fingerprint density at radius 2 is 1.49 bits per heavy atom. The Kier molecular flexibility index (Phi) is 10.2. The van der Waals surface area contributed by atoms with Crippen LogP contribution in [0.2, 0.25) is 0 Å². The molecule has 0 spiro atoms. The third kappa shape index (κ3) is 7.66. The minimum atomic E-state index is -0.746. The van der Waals surface area contributed by atoms with Gasteiger partial charge in [-0.25, -0.2) is 14.0 Å². The van der Waals surface area contributed by atoms with Crippen molar-refractivity contribution in [3.8, 4) is 33.8 Å². The lowest BCUT2D eigenvalue weighted by molar-refractivity contribution is -0.138. The molecule has 5 nitrogen and oxygen atoms in total. The van der Waals surface area contributed by atoms with E-state index in [9.17, 15) is 14.7 Å². The number of ether oxygens (including phenoxy) is 2. The molecule has 1 N–H and O–H groups in total. The molecular formula is C33H35FO5. The van der Waals surface area contributed by atoms with Crippen LogP contribution in [0, 0.1) is 5.82 Å². The van der Waals surface area contributed by atoms with Crippen molar-refractivity contribution >= 4 is 11.9 Å². The predicted octanol–water partition coefficient (Wildman–Crippen LogP) is 7.74. The van der Waals surface area contributed by atoms with Crippen LogP contribution in [-0.2, 0) is 27.2 Å². The van der Waals surface area contributed by atoms with Gasteiger partial charge < -0.3 is 14.6 Å². The Hall–Kier alpha value is -4.19. The topological polar surface area (TPSA) is 72.8 Å². The minimum Gasteiger partial charge on any atom is -0.508 e. The lowest BCUT2D eigenvalue weighted by Crippen LogP contribution is -2.11. The van der Waals surface area contributed by atoms with Gasteiger partial charge in [-0.15, -0.1) is 0 Å². The van der Waals surface area contributed by atoms with E-state index in [1.807, 2.05) is 24.3 Å². The summed E-state index contributed by atoms with van der Waals surface area (Å²) in [5.41, 5.74) is 3.90. The van der Waals surface area contributed by atoms with Crippen molar-refractivity contribution in [3.05, 3.63) is 95.8 Å². The smallest absolute Gasteiger partial charge is 0.338 e. The summed E-state index contributed by atoms with van der Waals surface area (Å²) in [7, 11) is 0. The third-order valence-electron chi connectivity index (χ3n) is 6.32. The number of aryl methyl sites for hydroxylation is 1. The summed E-state index contributed by atoms with van der Waals surface area (Å²) in [4.78, 5) is 24.2. The first-order chi connectivity index (χ1) is 18.6. The van der Waals surface area contributed by atoms with E-state index >= 15 is 4.39 Å². The number of carbonyl (C=O) groups is 2. The van der Waals surface area contributed by atoms with Crippen molar-refractivity contribution in [2.75, 3.05) is 6.61 Å². The van der Waals surface area contributed by atoms with Gasteiger partial charge in [0.25, 0.3) is 0 Å². The molecule has 0 fully saturated rings. The summed E-state index contributed by atoms with van der Waals surface area (Å²) in [6.07, 6.45) is 4.60. The summed E-state index contributed by atoms with van der Waals surface area (Å²) in [5, 5.41) is 10.4. The number of unbranched alkanes of at least 4 members (excludes halogenated alkanes) is 2. The highest BCUT2D eigenvalue weighted by molar-refractivity contribution is 5.91. The first-order valence-corrected chi connectivity index (χ1v) is 13.1. The fraction of sp³-hybridized carbons (Fsp3) is 0.273. The van der Waals surface area contributed by atoms with Crippen molar-refractivity contribution in [1.82, 2.24) is 0 Å². The Morgan fingerprint density at radius 3 is 2.13 bits per heavy atom. The van der Waals surface area contributed by atoms with Crippen molar-refractivity contribution in [2.45, 2.75) is 52.9 Å². The zero-order chi connectivity index (χ0) is 28.5. The molecule has 0 saturated heterocycles. The minimum absolute atomic E-state index is 0.00160. The Morgan fingerprint density at radius 1 is 0.846 bits per heavy atom. The average Bonchev–Trinajstić information content (AvgIpc) is 2.91. The highest BCUT2D eigenvalue weighted by Crippen LogP contribution is 2.39. The van der Waals surface area contributed by atoms with E-state index in [2.05, 4.69) is 20.1 Å². The maximum Gasteiger partial charge on any atom is 0.338 e. The molecule has 0 aliphatic heterocycles. The molecule has 0 aliphatic carbocycles. The fourth-order valence-electron chi connectivity index (χ4n) is 4.05. The third-order valence-corrected chi connectivity index (χ3v) is 6.32. The second-order valence-electron chi connectivity index (χ2n) is 9.64. The van der Waals surface area contributed by atoms with Crippen LogP contribution < -0.4 is 4.74 Å². The second kappa shape index (κ2) is 13.6. The summed E-state index contributed by atoms with van der Waals surface area (Å²) in [5.74, 6) is -2.17. The van der Waals surface area contributed by atoms with Crippen LogP contribution >= 0.6 is 0 Å². The predicted molar refractivity (Wildman–Crippen MR) is 152 cm³/mol. The fourth-order valence-corrected chi connectivity index (χ4v) is 4.05. The molecule has 0 bridgehead atoms. The van der Waals surface area contributed by atoms with Gasteiger partial charge in [0.2, 0.25) is 0 Å². The van der Waals surface area contributed by atoms with E-state index in [1.54, 1.807) is 31.2 Å². The first kappa shape index (κ1) is 29.4. The molecule has 204 valence electrons. The van der Waals surface area contributed by atoms with E-state index in [1.165, 1.54) is 18.6 Å². The number of aromatic hydroxyl groups is 1. The number of hydrogen-bond acceptors (Lipinski definition) is 5. The number of phenols is 1. The van der Waals surface area contributed by atoms with Gasteiger partial charge in [-0.05, 0) is 67.1 Å². The lowest BCUT2D eigenvalue weighted by Gasteiger charge is -2.16. The molecule has 6 heteroatoms. The molecule has 0 saturated carbocycles. The molecular weight excluding hydrogens is 495 g/mol. The van der Waals surface area contributed by atoms with Gasteiger partial charge in [-0.1, -0.05) is 69.3 Å². The Balaban J connectivity index is 1.98. The molecule has 3 aromatic rings. The average molecular weight is 531 g/mol. The van der Waals surface area contributed by atoms with Crippen LogP contribution in [0.5, 0.6) is 11.5 Å². The van der Waals surface area contributed by atoms with Crippen LogP contribution in [0.25, 0.3) is 22.3 Å². The van der Waals surface area contributed by atoms with Gasteiger partial charge in [0.15, 0.2) is 11.6 Å². The molecule has 3 aromatic carbocycles. The van der Waals surface area contributed by atoms with E-state index in [4.69, 9.17) is 9.47 Å². The van der Waals surface area contributed by atoms with Crippen molar-refractivity contribution in [3.63, 3.8) is 0 Å². The maximum absolute atomic E-state index is 16.0. The number of halogens is 1. The van der Waals surface area contributed by atoms with E-state index in [-0.39, 0.29) is 35.7 Å². The number of esters is 2. The molecule has 0 heterocycles. The van der Waals surface area contributed by atoms with Crippen LogP contribution in [0.3, 0.4) is 0 Å². The van der Waals surface area contributed by atoms with Gasteiger partial charge in [0, 0.05) is 28.7 Å². The summed E-state index contributed by atoms with van der Waals surface area (Å²) in [6.45, 7) is 12.4. The van der Waals surface area contributed by atoms with Crippen molar-refractivity contribution in [2.24, 2.45) is 0 Å². The van der Waals surface area contributed by atoms with Crippen LogP contribution in [0.15, 0.2) is 78.9 Å². The van der Waals surface area contributed by atoms with E-state index in [0.29, 0.717) is 27.8 Å². The molecule has 0 radical (unpaired) electrons. The van der Waals surface area contributed by atoms with Gasteiger partial charge in [0.1, 0.15) is 5.75 Å². The van der Waals surface area contributed by atoms with Gasteiger partial charge in [-0.3, -0.25) is 0 Å². The number of rotatable bonds is 12. The zero-order valence-corrected chi connectivity index (χ0v) is 22.8.